The van der Waals surface area contributed by atoms with Crippen molar-refractivity contribution in [2.75, 3.05) is 11.9 Å². The van der Waals surface area contributed by atoms with E-state index < -0.39 is 0 Å². The molecule has 0 bridgehead atoms. The van der Waals surface area contributed by atoms with Gasteiger partial charge in [-0.2, -0.15) is 0 Å². The highest BCUT2D eigenvalue weighted by molar-refractivity contribution is 7.12. The van der Waals surface area contributed by atoms with Crippen molar-refractivity contribution >= 4 is 28.8 Å². The SMILES string of the molecule is Cc1nc(Cl)cc(NCCc2nc(-c3ccccc3)c(C)s2)n1. The second-order valence-corrected chi connectivity index (χ2v) is 6.85. The molecule has 0 aliphatic rings. The average Bonchev–Trinajstić information content (AvgIpc) is 2.88. The number of benzene rings is 1. The first kappa shape index (κ1) is 15.9. The summed E-state index contributed by atoms with van der Waals surface area (Å²) in [6.45, 7) is 4.70. The van der Waals surface area contributed by atoms with Crippen LogP contribution in [0.3, 0.4) is 0 Å². The summed E-state index contributed by atoms with van der Waals surface area (Å²) in [6, 6.07) is 12.0. The van der Waals surface area contributed by atoms with E-state index in [9.17, 15) is 0 Å². The minimum absolute atomic E-state index is 0.455. The number of thiazole rings is 1. The molecule has 118 valence electrons. The molecular formula is C17H17ClN4S. The van der Waals surface area contributed by atoms with Gasteiger partial charge in [0.05, 0.1) is 10.7 Å². The van der Waals surface area contributed by atoms with Crippen molar-refractivity contribution in [2.45, 2.75) is 20.3 Å². The first-order valence-corrected chi connectivity index (χ1v) is 8.58. The largest absolute Gasteiger partial charge is 0.369 e. The Hall–Kier alpha value is -1.98. The van der Waals surface area contributed by atoms with E-state index in [0.29, 0.717) is 11.0 Å². The van der Waals surface area contributed by atoms with Gasteiger partial charge < -0.3 is 5.32 Å². The van der Waals surface area contributed by atoms with Crippen LogP contribution in [0.2, 0.25) is 5.15 Å². The van der Waals surface area contributed by atoms with Gasteiger partial charge in [-0.05, 0) is 13.8 Å². The van der Waals surface area contributed by atoms with Crippen LogP contribution in [0, 0.1) is 13.8 Å². The summed E-state index contributed by atoms with van der Waals surface area (Å²) in [5, 5.41) is 4.85. The normalized spacial score (nSPS) is 10.7. The Bertz CT molecular complexity index is 781. The molecule has 6 heteroatoms. The van der Waals surface area contributed by atoms with Crippen LogP contribution in [0.5, 0.6) is 0 Å². The number of nitrogens with one attached hydrogen (secondary N) is 1. The fourth-order valence-corrected chi connectivity index (χ4v) is 3.52. The number of halogens is 1. The van der Waals surface area contributed by atoms with Crippen LogP contribution in [-0.2, 0) is 6.42 Å². The molecule has 0 saturated heterocycles. The Morgan fingerprint density at radius 1 is 1.09 bits per heavy atom. The number of aromatic nitrogens is 3. The maximum absolute atomic E-state index is 5.94. The third kappa shape index (κ3) is 4.06. The maximum Gasteiger partial charge on any atom is 0.134 e. The summed E-state index contributed by atoms with van der Waals surface area (Å²) in [7, 11) is 0. The molecule has 1 N–H and O–H groups in total. The molecular weight excluding hydrogens is 328 g/mol. The number of hydrogen-bond acceptors (Lipinski definition) is 5. The van der Waals surface area contributed by atoms with Crippen LogP contribution in [-0.4, -0.2) is 21.5 Å². The molecule has 3 aromatic rings. The van der Waals surface area contributed by atoms with Gasteiger partial charge in [0.25, 0.3) is 0 Å². The van der Waals surface area contributed by atoms with Gasteiger partial charge in [0.2, 0.25) is 0 Å². The number of hydrogen-bond donors (Lipinski definition) is 1. The molecule has 4 nitrogen and oxygen atoms in total. The smallest absolute Gasteiger partial charge is 0.134 e. The van der Waals surface area contributed by atoms with Gasteiger partial charge in [-0.3, -0.25) is 0 Å². The quantitative estimate of drug-likeness (QED) is 0.691. The monoisotopic (exact) mass is 344 g/mol. The van der Waals surface area contributed by atoms with Gasteiger partial charge in [-0.1, -0.05) is 41.9 Å². The summed E-state index contributed by atoms with van der Waals surface area (Å²) in [4.78, 5) is 14.4. The zero-order valence-corrected chi connectivity index (χ0v) is 14.6. The fourth-order valence-electron chi connectivity index (χ4n) is 2.34. The van der Waals surface area contributed by atoms with Crippen molar-refractivity contribution < 1.29 is 0 Å². The van der Waals surface area contributed by atoms with Crippen molar-refractivity contribution in [1.82, 2.24) is 15.0 Å². The molecule has 0 unspecified atom stereocenters. The molecule has 0 fully saturated rings. The fraction of sp³-hybridized carbons (Fsp3) is 0.235. The lowest BCUT2D eigenvalue weighted by Gasteiger charge is -2.05. The van der Waals surface area contributed by atoms with Crippen molar-refractivity contribution in [2.24, 2.45) is 0 Å². The van der Waals surface area contributed by atoms with Crippen molar-refractivity contribution in [3.05, 3.63) is 57.3 Å². The average molecular weight is 345 g/mol. The second-order valence-electron chi connectivity index (χ2n) is 5.18. The van der Waals surface area contributed by atoms with Crippen molar-refractivity contribution in [3.63, 3.8) is 0 Å². The number of aryl methyl sites for hydroxylation is 2. The van der Waals surface area contributed by atoms with Gasteiger partial charge >= 0.3 is 0 Å². The van der Waals surface area contributed by atoms with Crippen LogP contribution < -0.4 is 5.32 Å². The van der Waals surface area contributed by atoms with Crippen LogP contribution in [0.15, 0.2) is 36.4 Å². The van der Waals surface area contributed by atoms with E-state index in [-0.39, 0.29) is 0 Å². The van der Waals surface area contributed by atoms with Crippen LogP contribution in [0.25, 0.3) is 11.3 Å². The van der Waals surface area contributed by atoms with Crippen molar-refractivity contribution in [1.29, 1.82) is 0 Å². The van der Waals surface area contributed by atoms with E-state index in [4.69, 9.17) is 16.6 Å². The predicted octanol–water partition coefficient (Wildman–Crippen LogP) is 4.52. The van der Waals surface area contributed by atoms with Gasteiger partial charge in [0.15, 0.2) is 0 Å². The van der Waals surface area contributed by atoms with E-state index in [2.05, 4.69) is 34.3 Å². The highest BCUT2D eigenvalue weighted by Crippen LogP contribution is 2.27. The summed E-state index contributed by atoms with van der Waals surface area (Å²) < 4.78 is 0. The number of nitrogens with zero attached hydrogens (tertiary/aromatic N) is 3. The van der Waals surface area contributed by atoms with Gasteiger partial charge in [-0.15, -0.1) is 11.3 Å². The highest BCUT2D eigenvalue weighted by Gasteiger charge is 2.09. The van der Waals surface area contributed by atoms with Gasteiger partial charge in [-0.25, -0.2) is 15.0 Å². The molecule has 1 aromatic carbocycles. The number of rotatable bonds is 5. The number of anilines is 1. The zero-order chi connectivity index (χ0) is 16.2. The zero-order valence-electron chi connectivity index (χ0n) is 13.0. The van der Waals surface area contributed by atoms with E-state index in [1.807, 2.05) is 25.1 Å². The minimum atomic E-state index is 0.455. The lowest BCUT2D eigenvalue weighted by Crippen LogP contribution is -2.07. The standard InChI is InChI=1S/C17H17ClN4S/c1-11-17(13-6-4-3-5-7-13)22-16(23-11)8-9-19-15-10-14(18)20-12(2)21-15/h3-7,10H,8-9H2,1-2H3,(H,19,20,21). The maximum atomic E-state index is 5.94. The molecule has 0 aliphatic heterocycles. The summed E-state index contributed by atoms with van der Waals surface area (Å²) >= 11 is 7.68. The third-order valence-corrected chi connectivity index (χ3v) is 4.56. The highest BCUT2D eigenvalue weighted by atomic mass is 35.5. The summed E-state index contributed by atoms with van der Waals surface area (Å²) in [6.07, 6.45) is 0.846. The topological polar surface area (TPSA) is 50.7 Å². The Balaban J connectivity index is 1.65. The van der Waals surface area contributed by atoms with Gasteiger partial charge in [0.1, 0.15) is 16.8 Å². The summed E-state index contributed by atoms with van der Waals surface area (Å²) in [5.74, 6) is 1.41. The molecule has 0 amide bonds. The second kappa shape index (κ2) is 7.06. The lowest BCUT2D eigenvalue weighted by molar-refractivity contribution is 0.970. The first-order chi connectivity index (χ1) is 11.1. The molecule has 0 atom stereocenters. The molecule has 0 aliphatic carbocycles. The molecule has 0 spiro atoms. The van der Waals surface area contributed by atoms with E-state index in [1.54, 1.807) is 17.4 Å². The Morgan fingerprint density at radius 2 is 1.87 bits per heavy atom. The van der Waals surface area contributed by atoms with Crippen LogP contribution >= 0.6 is 22.9 Å². The Kier molecular flexibility index (Phi) is 4.88. The molecule has 3 rings (SSSR count). The Labute approximate surface area is 144 Å². The molecule has 23 heavy (non-hydrogen) atoms. The molecule has 2 heterocycles. The first-order valence-electron chi connectivity index (χ1n) is 7.38. The lowest BCUT2D eigenvalue weighted by atomic mass is 10.1. The summed E-state index contributed by atoms with van der Waals surface area (Å²) in [5.41, 5.74) is 2.24. The van der Waals surface area contributed by atoms with E-state index in [1.165, 1.54) is 10.4 Å². The minimum Gasteiger partial charge on any atom is -0.369 e. The van der Waals surface area contributed by atoms with Crippen LogP contribution in [0.1, 0.15) is 15.7 Å². The van der Waals surface area contributed by atoms with E-state index in [0.717, 1.165) is 29.5 Å². The molecule has 0 radical (unpaired) electrons. The molecule has 2 aromatic heterocycles. The predicted molar refractivity (Wildman–Crippen MR) is 96.3 cm³/mol. The molecule has 0 saturated carbocycles. The Morgan fingerprint density at radius 3 is 2.61 bits per heavy atom. The van der Waals surface area contributed by atoms with E-state index >= 15 is 0 Å². The third-order valence-electron chi connectivity index (χ3n) is 3.34. The van der Waals surface area contributed by atoms with Gasteiger partial charge in [0, 0.05) is 29.5 Å². The van der Waals surface area contributed by atoms with Crippen molar-refractivity contribution in [3.8, 4) is 11.3 Å². The van der Waals surface area contributed by atoms with Crippen LogP contribution in [0.4, 0.5) is 5.82 Å².